The van der Waals surface area contributed by atoms with Crippen LogP contribution in [0.5, 0.6) is 5.75 Å². The first kappa shape index (κ1) is 15.2. The Hall–Kier alpha value is -1.15. The van der Waals surface area contributed by atoms with E-state index >= 15 is 0 Å². The minimum absolute atomic E-state index is 0.119. The van der Waals surface area contributed by atoms with E-state index in [0.29, 0.717) is 11.4 Å². The van der Waals surface area contributed by atoms with E-state index in [1.807, 2.05) is 30.0 Å². The zero-order valence-electron chi connectivity index (χ0n) is 11.9. The van der Waals surface area contributed by atoms with Crippen LogP contribution in [0.25, 0.3) is 0 Å². The van der Waals surface area contributed by atoms with Crippen molar-refractivity contribution in [3.8, 4) is 17.6 Å². The summed E-state index contributed by atoms with van der Waals surface area (Å²) >= 11 is 1.90. The molecule has 2 unspecified atom stereocenters. The third-order valence-corrected chi connectivity index (χ3v) is 4.90. The lowest BCUT2D eigenvalue weighted by Gasteiger charge is -2.14. The van der Waals surface area contributed by atoms with Crippen LogP contribution in [0, 0.1) is 11.8 Å². The van der Waals surface area contributed by atoms with Gasteiger partial charge in [-0.2, -0.15) is 11.8 Å². The standard InChI is InChI=1S/C16H20O3S/c1-12-16(7-9-19-12)20-11-14-10-15(18-2)6-5-13(14)4-3-8-17/h5-6,10,12,16-17H,7-9,11H2,1-2H3. The average Bonchev–Trinajstić information content (AvgIpc) is 2.88. The molecule has 1 aromatic carbocycles. The van der Waals surface area contributed by atoms with Crippen LogP contribution in [-0.2, 0) is 10.5 Å². The Labute approximate surface area is 124 Å². The van der Waals surface area contributed by atoms with Crippen molar-refractivity contribution < 1.29 is 14.6 Å². The summed E-state index contributed by atoms with van der Waals surface area (Å²) in [5, 5.41) is 9.38. The van der Waals surface area contributed by atoms with Crippen LogP contribution in [0.4, 0.5) is 0 Å². The van der Waals surface area contributed by atoms with Gasteiger partial charge in [0.05, 0.1) is 13.2 Å². The molecule has 1 aromatic rings. The molecular formula is C16H20O3S. The lowest BCUT2D eigenvalue weighted by molar-refractivity contribution is 0.127. The van der Waals surface area contributed by atoms with E-state index in [0.717, 1.165) is 35.7 Å². The fourth-order valence-electron chi connectivity index (χ4n) is 2.20. The summed E-state index contributed by atoms with van der Waals surface area (Å²) in [4.78, 5) is 0. The van der Waals surface area contributed by atoms with Gasteiger partial charge in [-0.3, -0.25) is 0 Å². The molecule has 0 saturated carbocycles. The van der Waals surface area contributed by atoms with Gasteiger partial charge in [-0.1, -0.05) is 11.8 Å². The summed E-state index contributed by atoms with van der Waals surface area (Å²) in [5.41, 5.74) is 2.10. The molecule has 3 nitrogen and oxygen atoms in total. The molecule has 1 fully saturated rings. The molecule has 0 aromatic heterocycles. The molecule has 0 spiro atoms. The van der Waals surface area contributed by atoms with Gasteiger partial charge in [0, 0.05) is 23.2 Å². The molecule has 1 saturated heterocycles. The van der Waals surface area contributed by atoms with Crippen molar-refractivity contribution >= 4 is 11.8 Å². The summed E-state index contributed by atoms with van der Waals surface area (Å²) < 4.78 is 10.9. The molecule has 1 aliphatic heterocycles. The van der Waals surface area contributed by atoms with Crippen molar-refractivity contribution in [2.24, 2.45) is 0 Å². The van der Waals surface area contributed by atoms with Crippen LogP contribution in [0.2, 0.25) is 0 Å². The number of aliphatic hydroxyl groups excluding tert-OH is 1. The highest BCUT2D eigenvalue weighted by Crippen LogP contribution is 2.30. The lowest BCUT2D eigenvalue weighted by atomic mass is 10.1. The zero-order valence-corrected chi connectivity index (χ0v) is 12.7. The quantitative estimate of drug-likeness (QED) is 0.865. The summed E-state index contributed by atoms with van der Waals surface area (Å²) in [5.74, 6) is 7.43. The second-order valence-electron chi connectivity index (χ2n) is 4.70. The second kappa shape index (κ2) is 7.58. The Morgan fingerprint density at radius 1 is 1.50 bits per heavy atom. The maximum atomic E-state index is 8.84. The number of hydrogen-bond acceptors (Lipinski definition) is 4. The second-order valence-corrected chi connectivity index (χ2v) is 5.92. The van der Waals surface area contributed by atoms with E-state index in [2.05, 4.69) is 18.8 Å². The van der Waals surface area contributed by atoms with E-state index in [-0.39, 0.29) is 6.61 Å². The van der Waals surface area contributed by atoms with E-state index in [9.17, 15) is 0 Å². The van der Waals surface area contributed by atoms with Crippen molar-refractivity contribution in [1.82, 2.24) is 0 Å². The average molecular weight is 292 g/mol. The van der Waals surface area contributed by atoms with E-state index in [1.54, 1.807) is 7.11 Å². The van der Waals surface area contributed by atoms with Gasteiger partial charge in [-0.15, -0.1) is 0 Å². The summed E-state index contributed by atoms with van der Waals surface area (Å²) in [6, 6.07) is 5.87. The first-order chi connectivity index (χ1) is 9.74. The van der Waals surface area contributed by atoms with Gasteiger partial charge in [-0.05, 0) is 37.1 Å². The fraction of sp³-hybridized carbons (Fsp3) is 0.500. The molecule has 0 bridgehead atoms. The van der Waals surface area contributed by atoms with Crippen LogP contribution in [0.15, 0.2) is 18.2 Å². The third kappa shape index (κ3) is 3.92. The minimum Gasteiger partial charge on any atom is -0.497 e. The molecule has 1 N–H and O–H groups in total. The van der Waals surface area contributed by atoms with Crippen LogP contribution >= 0.6 is 11.8 Å². The molecule has 0 radical (unpaired) electrons. The van der Waals surface area contributed by atoms with Gasteiger partial charge in [0.1, 0.15) is 12.4 Å². The Kier molecular flexibility index (Phi) is 5.78. The van der Waals surface area contributed by atoms with Gasteiger partial charge in [0.25, 0.3) is 0 Å². The number of aliphatic hydroxyl groups is 1. The Morgan fingerprint density at radius 3 is 3.00 bits per heavy atom. The molecule has 0 aliphatic carbocycles. The van der Waals surface area contributed by atoms with Crippen molar-refractivity contribution in [2.45, 2.75) is 30.5 Å². The maximum Gasteiger partial charge on any atom is 0.119 e. The number of hydrogen-bond donors (Lipinski definition) is 1. The monoisotopic (exact) mass is 292 g/mol. The maximum absolute atomic E-state index is 8.84. The molecule has 1 heterocycles. The molecule has 1 aliphatic rings. The van der Waals surface area contributed by atoms with Gasteiger partial charge in [0.15, 0.2) is 0 Å². The largest absolute Gasteiger partial charge is 0.497 e. The SMILES string of the molecule is COc1ccc(C#CCO)c(CSC2CCOC2C)c1. The van der Waals surface area contributed by atoms with Crippen LogP contribution in [0.3, 0.4) is 0 Å². The van der Waals surface area contributed by atoms with Crippen molar-refractivity contribution in [3.63, 3.8) is 0 Å². The van der Waals surface area contributed by atoms with Gasteiger partial charge in [0.2, 0.25) is 0 Å². The van der Waals surface area contributed by atoms with Crippen LogP contribution in [0.1, 0.15) is 24.5 Å². The molecule has 2 rings (SSSR count). The van der Waals surface area contributed by atoms with Crippen molar-refractivity contribution in [3.05, 3.63) is 29.3 Å². The first-order valence-electron chi connectivity index (χ1n) is 6.74. The van der Waals surface area contributed by atoms with E-state index in [1.165, 1.54) is 0 Å². The van der Waals surface area contributed by atoms with Gasteiger partial charge >= 0.3 is 0 Å². The number of methoxy groups -OCH3 is 1. The predicted molar refractivity (Wildman–Crippen MR) is 82.1 cm³/mol. The van der Waals surface area contributed by atoms with Crippen LogP contribution in [-0.4, -0.2) is 36.8 Å². The van der Waals surface area contributed by atoms with E-state index in [4.69, 9.17) is 14.6 Å². The minimum atomic E-state index is -0.119. The fourth-order valence-corrected chi connectivity index (χ4v) is 3.45. The predicted octanol–water partition coefficient (Wildman–Crippen LogP) is 2.45. The van der Waals surface area contributed by atoms with Crippen LogP contribution < -0.4 is 4.74 Å². The molecule has 4 heteroatoms. The van der Waals surface area contributed by atoms with E-state index < -0.39 is 0 Å². The number of ether oxygens (including phenoxy) is 2. The molecule has 20 heavy (non-hydrogen) atoms. The number of benzene rings is 1. The summed E-state index contributed by atoms with van der Waals surface area (Å²) in [6.45, 7) is 2.86. The topological polar surface area (TPSA) is 38.7 Å². The van der Waals surface area contributed by atoms with Gasteiger partial charge in [-0.25, -0.2) is 0 Å². The normalized spacial score (nSPS) is 21.4. The van der Waals surface area contributed by atoms with Crippen molar-refractivity contribution in [1.29, 1.82) is 0 Å². The number of rotatable bonds is 4. The highest BCUT2D eigenvalue weighted by atomic mass is 32.2. The highest BCUT2D eigenvalue weighted by molar-refractivity contribution is 7.99. The molecule has 2 atom stereocenters. The zero-order chi connectivity index (χ0) is 14.4. The smallest absolute Gasteiger partial charge is 0.119 e. The Bertz CT molecular complexity index is 504. The molecular weight excluding hydrogens is 272 g/mol. The first-order valence-corrected chi connectivity index (χ1v) is 7.79. The van der Waals surface area contributed by atoms with Crippen molar-refractivity contribution in [2.75, 3.05) is 20.3 Å². The summed E-state index contributed by atoms with van der Waals surface area (Å²) in [7, 11) is 1.66. The molecule has 108 valence electrons. The summed E-state index contributed by atoms with van der Waals surface area (Å²) in [6.07, 6.45) is 1.42. The number of thioether (sulfide) groups is 1. The lowest BCUT2D eigenvalue weighted by Crippen LogP contribution is -2.13. The Morgan fingerprint density at radius 2 is 2.35 bits per heavy atom. The highest BCUT2D eigenvalue weighted by Gasteiger charge is 2.24. The van der Waals surface area contributed by atoms with Gasteiger partial charge < -0.3 is 14.6 Å². The third-order valence-electron chi connectivity index (χ3n) is 3.37. The Balaban J connectivity index is 2.10. The molecule has 0 amide bonds.